The van der Waals surface area contributed by atoms with E-state index in [1.807, 2.05) is 36.7 Å². The van der Waals surface area contributed by atoms with Crippen LogP contribution in [-0.2, 0) is 0 Å². The molecule has 0 saturated carbocycles. The van der Waals surface area contributed by atoms with E-state index in [4.69, 9.17) is 9.40 Å². The molecule has 0 amide bonds. The highest BCUT2D eigenvalue weighted by atomic mass is 16.3. The van der Waals surface area contributed by atoms with Crippen LogP contribution in [0.4, 0.5) is 0 Å². The Bertz CT molecular complexity index is 810. The predicted molar refractivity (Wildman–Crippen MR) is 98.8 cm³/mol. The molecule has 130 valence electrons. The largest absolute Gasteiger partial charge is 0.463 e. The fourth-order valence-corrected chi connectivity index (χ4v) is 3.65. The van der Waals surface area contributed by atoms with E-state index in [0.29, 0.717) is 18.1 Å². The number of imidazole rings is 1. The van der Waals surface area contributed by atoms with E-state index in [9.17, 15) is 0 Å². The van der Waals surface area contributed by atoms with Crippen LogP contribution in [0.5, 0.6) is 0 Å². The summed E-state index contributed by atoms with van der Waals surface area (Å²) in [6, 6.07) is 15.5. The Kier molecular flexibility index (Phi) is 4.42. The fourth-order valence-electron chi connectivity index (χ4n) is 3.65. The van der Waals surface area contributed by atoms with Gasteiger partial charge in [-0.1, -0.05) is 30.3 Å². The fraction of sp³-hybridized carbons (Fsp3) is 0.350. The molecule has 5 heteroatoms. The Balaban J connectivity index is 1.69. The van der Waals surface area contributed by atoms with E-state index in [1.54, 1.807) is 6.26 Å². The van der Waals surface area contributed by atoms with Gasteiger partial charge in [-0.2, -0.15) is 0 Å². The lowest BCUT2D eigenvalue weighted by molar-refractivity contribution is 0.415. The first-order valence-electron chi connectivity index (χ1n) is 8.89. The summed E-state index contributed by atoms with van der Waals surface area (Å²) in [6.07, 6.45) is 5.84. The molecule has 1 aliphatic heterocycles. The second-order valence-corrected chi connectivity index (χ2v) is 6.90. The van der Waals surface area contributed by atoms with Gasteiger partial charge >= 0.3 is 0 Å². The molecule has 0 aliphatic carbocycles. The maximum absolute atomic E-state index is 5.73. The second-order valence-electron chi connectivity index (χ2n) is 6.90. The number of benzene rings is 1. The monoisotopic (exact) mass is 336 g/mol. The van der Waals surface area contributed by atoms with Gasteiger partial charge < -0.3 is 8.98 Å². The van der Waals surface area contributed by atoms with Crippen molar-refractivity contribution in [3.63, 3.8) is 0 Å². The molecule has 0 spiro atoms. The summed E-state index contributed by atoms with van der Waals surface area (Å²) in [4.78, 5) is 4.72. The summed E-state index contributed by atoms with van der Waals surface area (Å²) in [5.41, 5.74) is 9.81. The van der Waals surface area contributed by atoms with Gasteiger partial charge in [-0.3, -0.25) is 10.9 Å². The minimum atomic E-state index is 0.315. The van der Waals surface area contributed by atoms with E-state index in [2.05, 4.69) is 41.4 Å². The van der Waals surface area contributed by atoms with Gasteiger partial charge in [0.25, 0.3) is 0 Å². The van der Waals surface area contributed by atoms with E-state index < -0.39 is 0 Å². The van der Waals surface area contributed by atoms with Gasteiger partial charge in [0.1, 0.15) is 5.69 Å². The van der Waals surface area contributed by atoms with Crippen molar-refractivity contribution in [2.75, 3.05) is 0 Å². The Morgan fingerprint density at radius 3 is 2.72 bits per heavy atom. The van der Waals surface area contributed by atoms with Gasteiger partial charge in [-0.25, -0.2) is 4.98 Å². The van der Waals surface area contributed by atoms with Gasteiger partial charge in [-0.05, 0) is 38.8 Å². The molecule has 0 bridgehead atoms. The zero-order valence-corrected chi connectivity index (χ0v) is 14.6. The highest BCUT2D eigenvalue weighted by Gasteiger charge is 2.25. The first kappa shape index (κ1) is 16.1. The lowest BCUT2D eigenvalue weighted by Gasteiger charge is -2.20. The van der Waals surface area contributed by atoms with Crippen molar-refractivity contribution in [3.8, 4) is 22.7 Å². The summed E-state index contributed by atoms with van der Waals surface area (Å²) < 4.78 is 7.97. The topological polar surface area (TPSA) is 55.0 Å². The summed E-state index contributed by atoms with van der Waals surface area (Å²) in [7, 11) is 0. The first-order chi connectivity index (χ1) is 12.2. The maximum atomic E-state index is 5.73. The van der Waals surface area contributed by atoms with Gasteiger partial charge in [0.15, 0.2) is 5.76 Å². The van der Waals surface area contributed by atoms with Crippen LogP contribution in [0.25, 0.3) is 22.7 Å². The minimum absolute atomic E-state index is 0.315. The van der Waals surface area contributed by atoms with Crippen LogP contribution in [0.2, 0.25) is 0 Å². The summed E-state index contributed by atoms with van der Waals surface area (Å²) >= 11 is 0. The van der Waals surface area contributed by atoms with Gasteiger partial charge in [0.2, 0.25) is 0 Å². The summed E-state index contributed by atoms with van der Waals surface area (Å²) in [5.74, 6) is 0.856. The molecule has 3 heterocycles. The van der Waals surface area contributed by atoms with E-state index in [1.165, 1.54) is 0 Å². The molecule has 0 radical (unpaired) electrons. The van der Waals surface area contributed by atoms with Crippen molar-refractivity contribution in [2.45, 2.75) is 44.8 Å². The highest BCUT2D eigenvalue weighted by Crippen LogP contribution is 2.34. The van der Waals surface area contributed by atoms with Crippen molar-refractivity contribution >= 4 is 0 Å². The molecule has 1 aliphatic rings. The average molecular weight is 336 g/mol. The van der Waals surface area contributed by atoms with Gasteiger partial charge in [0.05, 0.1) is 18.3 Å². The number of rotatable bonds is 5. The third-order valence-corrected chi connectivity index (χ3v) is 4.87. The van der Waals surface area contributed by atoms with E-state index >= 15 is 0 Å². The van der Waals surface area contributed by atoms with Crippen molar-refractivity contribution < 1.29 is 4.42 Å². The van der Waals surface area contributed by atoms with Crippen molar-refractivity contribution in [2.24, 2.45) is 0 Å². The lowest BCUT2D eigenvalue weighted by Crippen LogP contribution is -2.33. The number of hydrogen-bond acceptors (Lipinski definition) is 4. The lowest BCUT2D eigenvalue weighted by atomic mass is 10.0. The third kappa shape index (κ3) is 3.25. The Labute approximate surface area is 148 Å². The number of nitrogens with zero attached hydrogens (tertiary/aromatic N) is 2. The van der Waals surface area contributed by atoms with Crippen LogP contribution in [-0.4, -0.2) is 21.6 Å². The molecule has 1 fully saturated rings. The normalized spacial score (nSPS) is 21.5. The molecule has 1 aromatic carbocycles. The molecule has 3 unspecified atom stereocenters. The van der Waals surface area contributed by atoms with E-state index in [0.717, 1.165) is 35.6 Å². The summed E-state index contributed by atoms with van der Waals surface area (Å²) in [6.45, 7) is 4.45. The molecule has 2 N–H and O–H groups in total. The molecule has 1 saturated heterocycles. The number of nitrogens with one attached hydrogen (secondary N) is 2. The third-order valence-electron chi connectivity index (χ3n) is 4.87. The molecular formula is C20H24N4O. The molecule has 4 rings (SSSR count). The van der Waals surface area contributed by atoms with Crippen LogP contribution in [0.15, 0.2) is 59.5 Å². The highest BCUT2D eigenvalue weighted by molar-refractivity contribution is 5.76. The van der Waals surface area contributed by atoms with Crippen LogP contribution in [0.1, 0.15) is 32.7 Å². The van der Waals surface area contributed by atoms with Crippen molar-refractivity contribution in [1.29, 1.82) is 0 Å². The maximum Gasteiger partial charge on any atom is 0.152 e. The van der Waals surface area contributed by atoms with Gasteiger partial charge in [0, 0.05) is 23.7 Å². The Morgan fingerprint density at radius 1 is 1.20 bits per heavy atom. The van der Waals surface area contributed by atoms with E-state index in [-0.39, 0.29) is 0 Å². The molecule has 3 atom stereocenters. The van der Waals surface area contributed by atoms with Crippen molar-refractivity contribution in [1.82, 2.24) is 20.4 Å². The van der Waals surface area contributed by atoms with Gasteiger partial charge in [-0.15, -0.1) is 0 Å². The quantitative estimate of drug-likeness (QED) is 0.739. The molecule has 2 aromatic heterocycles. The molecular weight excluding hydrogens is 312 g/mol. The Hall–Kier alpha value is -2.37. The zero-order valence-electron chi connectivity index (χ0n) is 14.6. The number of hydrazine groups is 1. The zero-order chi connectivity index (χ0) is 17.2. The molecule has 5 nitrogen and oxygen atoms in total. The van der Waals surface area contributed by atoms with Crippen LogP contribution < -0.4 is 10.9 Å². The first-order valence-corrected chi connectivity index (χ1v) is 8.89. The smallest absolute Gasteiger partial charge is 0.152 e. The van der Waals surface area contributed by atoms with Crippen LogP contribution in [0.3, 0.4) is 0 Å². The van der Waals surface area contributed by atoms with Crippen LogP contribution >= 0.6 is 0 Å². The molecule has 3 aromatic rings. The SMILES string of the molecule is CC1CC(CC(C)n2cnc(-c3ccccc3)c2-c2ccco2)NN1. The predicted octanol–water partition coefficient (Wildman–Crippen LogP) is 4.02. The minimum Gasteiger partial charge on any atom is -0.463 e. The molecule has 25 heavy (non-hydrogen) atoms. The second kappa shape index (κ2) is 6.86. The van der Waals surface area contributed by atoms with Crippen molar-refractivity contribution in [3.05, 3.63) is 55.1 Å². The number of aromatic nitrogens is 2. The standard InChI is InChI=1S/C20H24N4O/c1-14-11-17(23-22-14)12-15(2)24-13-21-19(16-7-4-3-5-8-16)20(24)18-9-6-10-25-18/h3-10,13-15,17,22-23H,11-12H2,1-2H3. The average Bonchev–Trinajstić information content (AvgIpc) is 3.35. The summed E-state index contributed by atoms with van der Waals surface area (Å²) in [5, 5.41) is 0. The van der Waals surface area contributed by atoms with Crippen LogP contribution in [0, 0.1) is 0 Å². The number of hydrogen-bond donors (Lipinski definition) is 2. The Morgan fingerprint density at radius 2 is 2.04 bits per heavy atom. The number of furan rings is 1.